The van der Waals surface area contributed by atoms with E-state index >= 15 is 0 Å². The van der Waals surface area contributed by atoms with E-state index in [2.05, 4.69) is 9.97 Å². The highest BCUT2D eigenvalue weighted by molar-refractivity contribution is 5.76. The lowest BCUT2D eigenvalue weighted by Crippen LogP contribution is -2.11. The monoisotopic (exact) mass is 276 g/mol. The average Bonchev–Trinajstić information content (AvgIpc) is 3.04. The lowest BCUT2D eigenvalue weighted by molar-refractivity contribution is 0.0667. The Bertz CT molecular complexity index is 730. The largest absolute Gasteiger partial charge is 0.320 e. The molecule has 0 saturated heterocycles. The molecule has 0 radical (unpaired) electrons. The van der Waals surface area contributed by atoms with Crippen LogP contribution in [0.15, 0.2) is 36.7 Å². The molecule has 0 N–H and O–H groups in total. The van der Waals surface area contributed by atoms with E-state index in [-0.39, 0.29) is 0 Å². The van der Waals surface area contributed by atoms with Crippen molar-refractivity contribution in [1.29, 1.82) is 0 Å². The molecule has 3 aromatic rings. The molecule has 20 heavy (non-hydrogen) atoms. The Balaban J connectivity index is 2.07. The van der Waals surface area contributed by atoms with Crippen molar-refractivity contribution in [1.82, 2.24) is 19.1 Å². The fourth-order valence-electron chi connectivity index (χ4n) is 2.36. The molecule has 1 aromatic carbocycles. The fraction of sp³-hybridized carbons (Fsp3) is 0.286. The van der Waals surface area contributed by atoms with E-state index in [1.165, 1.54) is 12.4 Å². The van der Waals surface area contributed by atoms with Gasteiger partial charge in [0.1, 0.15) is 11.6 Å². The number of hydrogen-bond donors (Lipinski definition) is 0. The molecule has 0 aliphatic rings. The van der Waals surface area contributed by atoms with E-state index in [0.29, 0.717) is 12.4 Å². The molecular formula is C14H14F2N4. The molecule has 2 heterocycles. The van der Waals surface area contributed by atoms with E-state index in [0.717, 1.165) is 27.8 Å². The van der Waals surface area contributed by atoms with Crippen LogP contribution in [0.1, 0.15) is 25.1 Å². The molecule has 4 nitrogen and oxygen atoms in total. The summed E-state index contributed by atoms with van der Waals surface area (Å²) in [5.74, 6) is 1.20. The van der Waals surface area contributed by atoms with Crippen LogP contribution in [0.25, 0.3) is 11.0 Å². The van der Waals surface area contributed by atoms with Gasteiger partial charge in [-0.1, -0.05) is 19.1 Å². The van der Waals surface area contributed by atoms with Crippen LogP contribution in [-0.2, 0) is 13.0 Å². The molecule has 104 valence electrons. The van der Waals surface area contributed by atoms with Gasteiger partial charge < -0.3 is 4.57 Å². The Kier molecular flexibility index (Phi) is 3.22. The third-order valence-electron chi connectivity index (χ3n) is 3.31. The Morgan fingerprint density at radius 3 is 2.75 bits per heavy atom. The molecular weight excluding hydrogens is 262 g/mol. The van der Waals surface area contributed by atoms with Gasteiger partial charge in [0.05, 0.1) is 17.6 Å². The summed E-state index contributed by atoms with van der Waals surface area (Å²) in [5, 5.41) is 0. The highest BCUT2D eigenvalue weighted by Crippen LogP contribution is 2.19. The molecule has 6 heteroatoms. The number of nitrogens with zero attached hydrogens (tertiary/aromatic N) is 4. The summed E-state index contributed by atoms with van der Waals surface area (Å²) in [6, 6.07) is 7.69. The Morgan fingerprint density at radius 1 is 1.20 bits per heavy atom. The lowest BCUT2D eigenvalue weighted by atomic mass is 10.3. The summed E-state index contributed by atoms with van der Waals surface area (Å²) < 4.78 is 28.6. The zero-order chi connectivity index (χ0) is 14.1. The molecule has 0 atom stereocenters. The fourth-order valence-corrected chi connectivity index (χ4v) is 2.36. The van der Waals surface area contributed by atoms with Crippen molar-refractivity contribution in [3.05, 3.63) is 48.3 Å². The standard InChI is InChI=1S/C14H14F2N4/c1-2-12-18-10-5-3-4-6-11(10)20(12)9-13-17-7-8-19(13)14(15)16/h3-8,14H,2,9H2,1H3. The van der Waals surface area contributed by atoms with Crippen LogP contribution in [0.5, 0.6) is 0 Å². The molecule has 0 aliphatic carbocycles. The van der Waals surface area contributed by atoms with Crippen LogP contribution < -0.4 is 0 Å². The van der Waals surface area contributed by atoms with Crippen LogP contribution in [0.4, 0.5) is 8.78 Å². The topological polar surface area (TPSA) is 35.6 Å². The number of imidazole rings is 2. The van der Waals surface area contributed by atoms with Gasteiger partial charge in [-0.2, -0.15) is 8.78 Å². The van der Waals surface area contributed by atoms with Gasteiger partial charge in [0.25, 0.3) is 0 Å². The number of halogens is 2. The highest BCUT2D eigenvalue weighted by atomic mass is 19.3. The third-order valence-corrected chi connectivity index (χ3v) is 3.31. The quantitative estimate of drug-likeness (QED) is 0.733. The van der Waals surface area contributed by atoms with Crippen molar-refractivity contribution in [2.24, 2.45) is 0 Å². The van der Waals surface area contributed by atoms with E-state index in [1.54, 1.807) is 0 Å². The molecule has 0 unspecified atom stereocenters. The first-order chi connectivity index (χ1) is 9.70. The minimum Gasteiger partial charge on any atom is -0.320 e. The molecule has 0 amide bonds. The Morgan fingerprint density at radius 2 is 2.00 bits per heavy atom. The van der Waals surface area contributed by atoms with Crippen molar-refractivity contribution < 1.29 is 8.78 Å². The van der Waals surface area contributed by atoms with E-state index < -0.39 is 6.55 Å². The zero-order valence-corrected chi connectivity index (χ0v) is 11.0. The maximum atomic E-state index is 12.9. The van der Waals surface area contributed by atoms with Gasteiger partial charge in [-0.25, -0.2) is 9.97 Å². The minimum atomic E-state index is -2.58. The second-order valence-electron chi connectivity index (χ2n) is 4.48. The summed E-state index contributed by atoms with van der Waals surface area (Å²) >= 11 is 0. The van der Waals surface area contributed by atoms with E-state index in [9.17, 15) is 8.78 Å². The van der Waals surface area contributed by atoms with Gasteiger partial charge in [-0.3, -0.25) is 4.57 Å². The number of alkyl halides is 2. The third kappa shape index (κ3) is 2.07. The number of aromatic nitrogens is 4. The maximum absolute atomic E-state index is 12.9. The number of hydrogen-bond acceptors (Lipinski definition) is 2. The lowest BCUT2D eigenvalue weighted by Gasteiger charge is -2.10. The molecule has 0 saturated carbocycles. The van der Waals surface area contributed by atoms with Gasteiger partial charge in [0, 0.05) is 18.8 Å². The summed E-state index contributed by atoms with van der Waals surface area (Å²) in [6.07, 6.45) is 3.43. The van der Waals surface area contributed by atoms with Gasteiger partial charge in [-0.15, -0.1) is 0 Å². The SMILES string of the molecule is CCc1nc2ccccc2n1Cc1nccn1C(F)F. The predicted molar refractivity (Wildman–Crippen MR) is 71.7 cm³/mol. The first kappa shape index (κ1) is 12.8. The number of aryl methyl sites for hydroxylation is 1. The summed E-state index contributed by atoms with van der Waals surface area (Å²) in [5.41, 5.74) is 1.81. The summed E-state index contributed by atoms with van der Waals surface area (Å²) in [7, 11) is 0. The first-order valence-corrected chi connectivity index (χ1v) is 6.44. The first-order valence-electron chi connectivity index (χ1n) is 6.44. The zero-order valence-electron chi connectivity index (χ0n) is 11.0. The van der Waals surface area contributed by atoms with Crippen LogP contribution in [0, 0.1) is 0 Å². The van der Waals surface area contributed by atoms with Crippen molar-refractivity contribution in [3.8, 4) is 0 Å². The number of fused-ring (bicyclic) bond motifs is 1. The second kappa shape index (κ2) is 5.03. The van der Waals surface area contributed by atoms with Crippen molar-refractivity contribution >= 4 is 11.0 Å². The number of rotatable bonds is 4. The maximum Gasteiger partial charge on any atom is 0.319 e. The van der Waals surface area contributed by atoms with Crippen LogP contribution in [0.2, 0.25) is 0 Å². The highest BCUT2D eigenvalue weighted by Gasteiger charge is 2.15. The van der Waals surface area contributed by atoms with Crippen LogP contribution >= 0.6 is 0 Å². The number of para-hydroxylation sites is 2. The van der Waals surface area contributed by atoms with Gasteiger partial charge in [-0.05, 0) is 12.1 Å². The summed E-state index contributed by atoms with van der Waals surface area (Å²) in [6.45, 7) is -0.287. The van der Waals surface area contributed by atoms with E-state index in [1.807, 2.05) is 35.8 Å². The van der Waals surface area contributed by atoms with Gasteiger partial charge in [0.2, 0.25) is 0 Å². The normalized spacial score (nSPS) is 11.6. The van der Waals surface area contributed by atoms with E-state index in [4.69, 9.17) is 0 Å². The molecule has 2 aromatic heterocycles. The van der Waals surface area contributed by atoms with Gasteiger partial charge >= 0.3 is 6.55 Å². The van der Waals surface area contributed by atoms with Gasteiger partial charge in [0.15, 0.2) is 0 Å². The molecule has 0 fully saturated rings. The Labute approximate surface area is 114 Å². The second-order valence-corrected chi connectivity index (χ2v) is 4.48. The molecule has 3 rings (SSSR count). The van der Waals surface area contributed by atoms with Crippen LogP contribution in [0.3, 0.4) is 0 Å². The molecule has 0 spiro atoms. The Hall–Kier alpha value is -2.24. The summed E-state index contributed by atoms with van der Waals surface area (Å²) in [4.78, 5) is 8.55. The van der Waals surface area contributed by atoms with Crippen molar-refractivity contribution in [2.75, 3.05) is 0 Å². The van der Waals surface area contributed by atoms with Crippen LogP contribution in [-0.4, -0.2) is 19.1 Å². The smallest absolute Gasteiger partial charge is 0.319 e. The molecule has 0 aliphatic heterocycles. The predicted octanol–water partition coefficient (Wildman–Crippen LogP) is 3.24. The average molecular weight is 276 g/mol. The van der Waals surface area contributed by atoms with Crippen molar-refractivity contribution in [2.45, 2.75) is 26.4 Å². The number of benzene rings is 1. The van der Waals surface area contributed by atoms with Crippen molar-refractivity contribution in [3.63, 3.8) is 0 Å². The molecule has 0 bridgehead atoms. The minimum absolute atomic E-state index is 0.293.